The third kappa shape index (κ3) is 2.99. The summed E-state index contributed by atoms with van der Waals surface area (Å²) in [7, 11) is 0. The summed E-state index contributed by atoms with van der Waals surface area (Å²) in [6.45, 7) is 0. The van der Waals surface area contributed by atoms with Gasteiger partial charge in [0, 0.05) is 5.56 Å². The predicted octanol–water partition coefficient (Wildman–Crippen LogP) is 3.07. The monoisotopic (exact) mass is 342 g/mol. The van der Waals surface area contributed by atoms with Crippen molar-refractivity contribution in [2.75, 3.05) is 5.32 Å². The number of thiocarbonyl (C=S) groups is 1. The van der Waals surface area contributed by atoms with E-state index in [-0.39, 0.29) is 10.6 Å². The van der Waals surface area contributed by atoms with Crippen molar-refractivity contribution in [2.45, 2.75) is 0 Å². The molecule has 0 saturated heterocycles. The molecule has 1 amide bonds. The minimum atomic E-state index is -0.481. The van der Waals surface area contributed by atoms with Gasteiger partial charge in [-0.25, -0.2) is 4.39 Å². The van der Waals surface area contributed by atoms with E-state index < -0.39 is 11.7 Å². The summed E-state index contributed by atoms with van der Waals surface area (Å²) >= 11 is 7.92. The molecule has 0 aliphatic carbocycles. The number of anilines is 1. The topological polar surface area (TPSA) is 68.3 Å². The Morgan fingerprint density at radius 3 is 2.68 bits per heavy atom. The van der Waals surface area contributed by atoms with Crippen LogP contribution >= 0.6 is 28.1 Å². The average Bonchev–Trinajstić information content (AvgIpc) is 2.77. The van der Waals surface area contributed by atoms with Crippen LogP contribution in [0.2, 0.25) is 0 Å². The predicted molar refractivity (Wildman–Crippen MR) is 76.6 cm³/mol. The number of halogens is 2. The molecule has 3 N–H and O–H groups in total. The van der Waals surface area contributed by atoms with Gasteiger partial charge in [-0.2, -0.15) is 0 Å². The maximum Gasteiger partial charge on any atom is 0.260 e. The van der Waals surface area contributed by atoms with Crippen molar-refractivity contribution in [2.24, 2.45) is 5.73 Å². The highest BCUT2D eigenvalue weighted by Gasteiger charge is 2.15. The lowest BCUT2D eigenvalue weighted by atomic mass is 10.1. The molecular weight excluding hydrogens is 335 g/mol. The van der Waals surface area contributed by atoms with E-state index in [9.17, 15) is 9.18 Å². The number of amides is 1. The van der Waals surface area contributed by atoms with Crippen molar-refractivity contribution >= 4 is 44.7 Å². The van der Waals surface area contributed by atoms with Crippen molar-refractivity contribution < 1.29 is 13.6 Å². The van der Waals surface area contributed by atoms with E-state index in [0.717, 1.165) is 0 Å². The van der Waals surface area contributed by atoms with Crippen LogP contribution in [0.3, 0.4) is 0 Å². The molecule has 1 heterocycles. The van der Waals surface area contributed by atoms with Crippen molar-refractivity contribution in [3.05, 3.63) is 52.1 Å². The number of hydrogen-bond donors (Lipinski definition) is 2. The molecule has 0 atom stereocenters. The van der Waals surface area contributed by atoms with Gasteiger partial charge in [-0.1, -0.05) is 12.2 Å². The van der Waals surface area contributed by atoms with E-state index in [4.69, 9.17) is 22.4 Å². The Morgan fingerprint density at radius 2 is 2.11 bits per heavy atom. The van der Waals surface area contributed by atoms with E-state index in [1.807, 2.05) is 0 Å². The Balaban J connectivity index is 2.32. The fourth-order valence-electron chi connectivity index (χ4n) is 1.47. The molecule has 4 nitrogen and oxygen atoms in total. The highest BCUT2D eigenvalue weighted by molar-refractivity contribution is 9.10. The van der Waals surface area contributed by atoms with Gasteiger partial charge in [0.2, 0.25) is 0 Å². The first-order chi connectivity index (χ1) is 8.99. The number of carbonyl (C=O) groups is 1. The molecule has 0 spiro atoms. The Bertz CT molecular complexity index is 657. The lowest BCUT2D eigenvalue weighted by molar-refractivity contribution is 0.102. The second-order valence-electron chi connectivity index (χ2n) is 3.62. The first-order valence-electron chi connectivity index (χ1n) is 5.12. The third-order valence-corrected chi connectivity index (χ3v) is 3.19. The van der Waals surface area contributed by atoms with Crippen molar-refractivity contribution in [1.29, 1.82) is 0 Å². The van der Waals surface area contributed by atoms with Crippen LogP contribution in [0.1, 0.15) is 15.9 Å². The number of rotatable bonds is 3. The average molecular weight is 343 g/mol. The highest BCUT2D eigenvalue weighted by atomic mass is 79.9. The quantitative estimate of drug-likeness (QED) is 0.841. The smallest absolute Gasteiger partial charge is 0.260 e. The summed E-state index contributed by atoms with van der Waals surface area (Å²) in [5.74, 6) is -0.893. The van der Waals surface area contributed by atoms with Crippen LogP contribution in [0.15, 0.2) is 39.6 Å². The van der Waals surface area contributed by atoms with Gasteiger partial charge >= 0.3 is 0 Å². The zero-order chi connectivity index (χ0) is 14.0. The standard InChI is InChI=1S/C12H8BrFN2O2S/c13-10-7(3-4-18-10)12(17)16-9-2-1-6(14)5-8(9)11(15)19/h1-5H,(H2,15,19)(H,16,17). The highest BCUT2D eigenvalue weighted by Crippen LogP contribution is 2.21. The van der Waals surface area contributed by atoms with Crippen molar-refractivity contribution in [3.8, 4) is 0 Å². The fourth-order valence-corrected chi connectivity index (χ4v) is 2.06. The van der Waals surface area contributed by atoms with Gasteiger partial charge in [-0.05, 0) is 40.2 Å². The first kappa shape index (κ1) is 13.7. The molecule has 0 bridgehead atoms. The van der Waals surface area contributed by atoms with Crippen LogP contribution in [0.4, 0.5) is 10.1 Å². The van der Waals surface area contributed by atoms with E-state index in [1.165, 1.54) is 30.5 Å². The summed E-state index contributed by atoms with van der Waals surface area (Å²) in [4.78, 5) is 12.0. The van der Waals surface area contributed by atoms with Crippen LogP contribution in [0.25, 0.3) is 0 Å². The van der Waals surface area contributed by atoms with Crippen LogP contribution in [0, 0.1) is 5.82 Å². The van der Waals surface area contributed by atoms with Crippen LogP contribution in [0.5, 0.6) is 0 Å². The molecular formula is C12H8BrFN2O2S. The van der Waals surface area contributed by atoms with Gasteiger partial charge in [0.15, 0.2) is 4.67 Å². The molecule has 2 rings (SSSR count). The summed E-state index contributed by atoms with van der Waals surface area (Å²) in [5, 5.41) is 2.60. The summed E-state index contributed by atoms with van der Waals surface area (Å²) in [5.41, 5.74) is 6.42. The summed E-state index contributed by atoms with van der Waals surface area (Å²) in [6, 6.07) is 5.28. The number of nitrogens with two attached hydrogens (primary N) is 1. The minimum Gasteiger partial charge on any atom is -0.457 e. The molecule has 7 heteroatoms. The summed E-state index contributed by atoms with van der Waals surface area (Å²) in [6.07, 6.45) is 1.37. The molecule has 0 radical (unpaired) electrons. The first-order valence-corrected chi connectivity index (χ1v) is 6.33. The molecule has 0 saturated carbocycles. The molecule has 0 fully saturated rings. The van der Waals surface area contributed by atoms with E-state index in [0.29, 0.717) is 15.9 Å². The van der Waals surface area contributed by atoms with E-state index in [2.05, 4.69) is 21.2 Å². The molecule has 19 heavy (non-hydrogen) atoms. The van der Waals surface area contributed by atoms with Crippen LogP contribution < -0.4 is 11.1 Å². The SMILES string of the molecule is NC(=S)c1cc(F)ccc1NC(=O)c1ccoc1Br. The second kappa shape index (κ2) is 5.50. The fraction of sp³-hybridized carbons (Fsp3) is 0. The molecule has 2 aromatic rings. The zero-order valence-electron chi connectivity index (χ0n) is 9.44. The Morgan fingerprint density at radius 1 is 1.37 bits per heavy atom. The van der Waals surface area contributed by atoms with E-state index >= 15 is 0 Å². The number of nitrogens with one attached hydrogen (secondary N) is 1. The summed E-state index contributed by atoms with van der Waals surface area (Å²) < 4.78 is 18.4. The lowest BCUT2D eigenvalue weighted by Crippen LogP contribution is -2.17. The molecule has 98 valence electrons. The lowest BCUT2D eigenvalue weighted by Gasteiger charge is -2.09. The third-order valence-electron chi connectivity index (χ3n) is 2.36. The molecule has 1 aromatic heterocycles. The Kier molecular flexibility index (Phi) is 3.96. The maximum atomic E-state index is 13.1. The van der Waals surface area contributed by atoms with Gasteiger partial charge in [0.05, 0.1) is 17.5 Å². The second-order valence-corrected chi connectivity index (χ2v) is 4.78. The number of benzene rings is 1. The number of carbonyl (C=O) groups excluding carboxylic acids is 1. The number of furan rings is 1. The molecule has 0 unspecified atom stereocenters. The van der Waals surface area contributed by atoms with Crippen LogP contribution in [-0.4, -0.2) is 10.9 Å². The Hall–Kier alpha value is -1.73. The molecule has 1 aromatic carbocycles. The van der Waals surface area contributed by atoms with E-state index in [1.54, 1.807) is 0 Å². The largest absolute Gasteiger partial charge is 0.457 e. The van der Waals surface area contributed by atoms with Gasteiger partial charge in [0.1, 0.15) is 10.8 Å². The van der Waals surface area contributed by atoms with Gasteiger partial charge in [-0.3, -0.25) is 4.79 Å². The van der Waals surface area contributed by atoms with Crippen molar-refractivity contribution in [1.82, 2.24) is 0 Å². The number of hydrogen-bond acceptors (Lipinski definition) is 3. The van der Waals surface area contributed by atoms with Gasteiger partial charge in [-0.15, -0.1) is 0 Å². The molecule has 0 aliphatic heterocycles. The van der Waals surface area contributed by atoms with Crippen molar-refractivity contribution in [3.63, 3.8) is 0 Å². The van der Waals surface area contributed by atoms with Gasteiger partial charge in [0.25, 0.3) is 5.91 Å². The minimum absolute atomic E-state index is 0.000981. The Labute approximate surface area is 121 Å². The molecule has 0 aliphatic rings. The van der Waals surface area contributed by atoms with Gasteiger partial charge < -0.3 is 15.5 Å². The normalized spacial score (nSPS) is 10.2. The van der Waals surface area contributed by atoms with Crippen LogP contribution in [-0.2, 0) is 0 Å². The maximum absolute atomic E-state index is 13.1. The zero-order valence-corrected chi connectivity index (χ0v) is 11.8.